The third-order valence-electron chi connectivity index (χ3n) is 3.15. The van der Waals surface area contributed by atoms with Gasteiger partial charge in [-0.2, -0.15) is 0 Å². The van der Waals surface area contributed by atoms with Gasteiger partial charge in [-0.15, -0.1) is 13.2 Å². The van der Waals surface area contributed by atoms with Crippen molar-refractivity contribution < 1.29 is 32.6 Å². The first kappa shape index (κ1) is 15.1. The number of carbonyl (C=O) groups is 2. The molecule has 0 atom stereocenters. The van der Waals surface area contributed by atoms with Crippen LogP contribution in [-0.4, -0.2) is 29.4 Å². The van der Waals surface area contributed by atoms with Crippen molar-refractivity contribution in [2.45, 2.75) is 25.2 Å². The van der Waals surface area contributed by atoms with E-state index >= 15 is 0 Å². The zero-order valence-corrected chi connectivity index (χ0v) is 10.7. The number of carboxylic acids is 1. The Hall–Kier alpha value is -2.25. The Bertz CT molecular complexity index is 553. The highest BCUT2D eigenvalue weighted by atomic mass is 19.4. The number of alkyl halides is 3. The largest absolute Gasteiger partial charge is 0.573 e. The highest BCUT2D eigenvalue weighted by Gasteiger charge is 2.35. The molecule has 0 aliphatic heterocycles. The molecule has 0 saturated heterocycles. The highest BCUT2D eigenvalue weighted by molar-refractivity contribution is 5.95. The van der Waals surface area contributed by atoms with E-state index in [0.29, 0.717) is 12.8 Å². The molecule has 2 N–H and O–H groups in total. The lowest BCUT2D eigenvalue weighted by molar-refractivity contribution is -0.274. The number of hydrogen-bond donors (Lipinski definition) is 2. The van der Waals surface area contributed by atoms with Gasteiger partial charge >= 0.3 is 12.3 Å². The minimum absolute atomic E-state index is 0.0236. The van der Waals surface area contributed by atoms with Crippen LogP contribution in [0, 0.1) is 5.92 Å². The normalized spacial score (nSPS) is 21.3. The second kappa shape index (κ2) is 5.63. The molecule has 0 spiro atoms. The summed E-state index contributed by atoms with van der Waals surface area (Å²) in [6, 6.07) is 4.43. The number of halogens is 3. The van der Waals surface area contributed by atoms with Crippen molar-refractivity contribution in [1.82, 2.24) is 5.32 Å². The lowest BCUT2D eigenvalue weighted by Gasteiger charge is -2.32. The Kier molecular flexibility index (Phi) is 4.06. The molecule has 1 fully saturated rings. The summed E-state index contributed by atoms with van der Waals surface area (Å²) in [5.74, 6) is -2.43. The molecule has 21 heavy (non-hydrogen) atoms. The average Bonchev–Trinajstić information content (AvgIpc) is 2.30. The van der Waals surface area contributed by atoms with Crippen LogP contribution in [0.2, 0.25) is 0 Å². The number of aliphatic carboxylic acids is 1. The monoisotopic (exact) mass is 303 g/mol. The second-order valence-corrected chi connectivity index (χ2v) is 4.75. The lowest BCUT2D eigenvalue weighted by Crippen LogP contribution is -2.46. The number of nitrogens with one attached hydrogen (secondary N) is 1. The molecular weight excluding hydrogens is 291 g/mol. The summed E-state index contributed by atoms with van der Waals surface area (Å²) in [6.45, 7) is 0. The first-order valence-electron chi connectivity index (χ1n) is 6.14. The summed E-state index contributed by atoms with van der Waals surface area (Å²) < 4.78 is 40.0. The molecule has 1 aliphatic carbocycles. The van der Waals surface area contributed by atoms with Gasteiger partial charge in [-0.25, -0.2) is 0 Å². The first-order chi connectivity index (χ1) is 9.74. The molecule has 0 radical (unpaired) electrons. The number of benzene rings is 1. The molecule has 0 unspecified atom stereocenters. The number of rotatable bonds is 4. The Labute approximate surface area is 117 Å². The number of hydrogen-bond acceptors (Lipinski definition) is 3. The topological polar surface area (TPSA) is 75.6 Å². The van der Waals surface area contributed by atoms with Crippen molar-refractivity contribution in [3.8, 4) is 5.75 Å². The van der Waals surface area contributed by atoms with Crippen molar-refractivity contribution in [2.75, 3.05) is 0 Å². The lowest BCUT2D eigenvalue weighted by atomic mass is 9.80. The van der Waals surface area contributed by atoms with Crippen LogP contribution in [0.1, 0.15) is 23.2 Å². The second-order valence-electron chi connectivity index (χ2n) is 4.75. The van der Waals surface area contributed by atoms with E-state index in [1.54, 1.807) is 0 Å². The maximum absolute atomic E-state index is 12.1. The van der Waals surface area contributed by atoms with Crippen molar-refractivity contribution in [1.29, 1.82) is 0 Å². The summed E-state index contributed by atoms with van der Waals surface area (Å²) in [6.07, 6.45) is -4.18. The molecule has 8 heteroatoms. The zero-order chi connectivity index (χ0) is 15.6. The Morgan fingerprint density at radius 3 is 2.52 bits per heavy atom. The van der Waals surface area contributed by atoms with Crippen LogP contribution in [0.4, 0.5) is 13.2 Å². The summed E-state index contributed by atoms with van der Waals surface area (Å²) >= 11 is 0. The highest BCUT2D eigenvalue weighted by Crippen LogP contribution is 2.28. The summed E-state index contributed by atoms with van der Waals surface area (Å²) in [5, 5.41) is 11.3. The molecule has 5 nitrogen and oxygen atoms in total. The van der Waals surface area contributed by atoms with E-state index in [-0.39, 0.29) is 11.6 Å². The SMILES string of the molecule is O=C(NC1CC(C(=O)O)C1)c1cccc(OC(F)(F)F)c1. The van der Waals surface area contributed by atoms with Crippen LogP contribution < -0.4 is 10.1 Å². The van der Waals surface area contributed by atoms with Crippen molar-refractivity contribution in [3.05, 3.63) is 29.8 Å². The molecule has 1 aromatic rings. The molecule has 1 saturated carbocycles. The Morgan fingerprint density at radius 2 is 1.95 bits per heavy atom. The van der Waals surface area contributed by atoms with Crippen LogP contribution in [-0.2, 0) is 4.79 Å². The van der Waals surface area contributed by atoms with Gasteiger partial charge < -0.3 is 15.2 Å². The zero-order valence-electron chi connectivity index (χ0n) is 10.7. The van der Waals surface area contributed by atoms with Crippen LogP contribution in [0.25, 0.3) is 0 Å². The minimum Gasteiger partial charge on any atom is -0.481 e. The van der Waals surface area contributed by atoms with Gasteiger partial charge in [-0.05, 0) is 31.0 Å². The van der Waals surface area contributed by atoms with Crippen LogP contribution in [0.15, 0.2) is 24.3 Å². The van der Waals surface area contributed by atoms with Crippen LogP contribution in [0.5, 0.6) is 5.75 Å². The fraction of sp³-hybridized carbons (Fsp3) is 0.385. The third kappa shape index (κ3) is 4.11. The fourth-order valence-corrected chi connectivity index (χ4v) is 2.04. The summed E-state index contributed by atoms with van der Waals surface area (Å²) in [4.78, 5) is 22.5. The van der Waals surface area contributed by atoms with Crippen molar-refractivity contribution in [3.63, 3.8) is 0 Å². The van der Waals surface area contributed by atoms with Gasteiger partial charge in [-0.3, -0.25) is 9.59 Å². The fourth-order valence-electron chi connectivity index (χ4n) is 2.04. The number of carboxylic acid groups (broad SMARTS) is 1. The molecule has 1 amide bonds. The van der Waals surface area contributed by atoms with Crippen molar-refractivity contribution in [2.24, 2.45) is 5.92 Å². The molecular formula is C13H12F3NO4. The van der Waals surface area contributed by atoms with Crippen LogP contribution in [0.3, 0.4) is 0 Å². The summed E-state index contributed by atoms with van der Waals surface area (Å²) in [7, 11) is 0. The van der Waals surface area contributed by atoms with E-state index in [9.17, 15) is 22.8 Å². The molecule has 2 rings (SSSR count). The van der Waals surface area contributed by atoms with Gasteiger partial charge in [-0.1, -0.05) is 6.07 Å². The average molecular weight is 303 g/mol. The Balaban J connectivity index is 1.94. The van der Waals surface area contributed by atoms with E-state index in [4.69, 9.17) is 5.11 Å². The summed E-state index contributed by atoms with van der Waals surface area (Å²) in [5.41, 5.74) is 0.0236. The van der Waals surface area contributed by atoms with Gasteiger partial charge in [0, 0.05) is 11.6 Å². The van der Waals surface area contributed by atoms with Gasteiger partial charge in [0.15, 0.2) is 0 Å². The molecule has 0 bridgehead atoms. The predicted molar refractivity (Wildman–Crippen MR) is 64.7 cm³/mol. The minimum atomic E-state index is -4.82. The molecule has 1 aliphatic rings. The Morgan fingerprint density at radius 1 is 1.29 bits per heavy atom. The number of ether oxygens (including phenoxy) is 1. The van der Waals surface area contributed by atoms with E-state index in [1.165, 1.54) is 12.1 Å². The van der Waals surface area contributed by atoms with E-state index < -0.39 is 29.9 Å². The van der Waals surface area contributed by atoms with Crippen molar-refractivity contribution >= 4 is 11.9 Å². The number of amides is 1. The van der Waals surface area contributed by atoms with Crippen LogP contribution >= 0.6 is 0 Å². The quantitative estimate of drug-likeness (QED) is 0.894. The third-order valence-corrected chi connectivity index (χ3v) is 3.15. The smallest absolute Gasteiger partial charge is 0.481 e. The first-order valence-corrected chi connectivity index (χ1v) is 6.14. The van der Waals surface area contributed by atoms with E-state index in [1.807, 2.05) is 0 Å². The standard InChI is InChI=1S/C13H12F3NO4/c14-13(15,16)21-10-3-1-2-7(6-10)11(18)17-9-4-8(5-9)12(19)20/h1-3,6,8-9H,4-5H2,(H,17,18)(H,19,20). The number of carbonyl (C=O) groups excluding carboxylic acids is 1. The maximum Gasteiger partial charge on any atom is 0.573 e. The van der Waals surface area contributed by atoms with Gasteiger partial charge in [0.05, 0.1) is 5.92 Å². The van der Waals surface area contributed by atoms with Gasteiger partial charge in [0.25, 0.3) is 5.91 Å². The molecule has 114 valence electrons. The molecule has 0 heterocycles. The maximum atomic E-state index is 12.1. The van der Waals surface area contributed by atoms with E-state index in [0.717, 1.165) is 12.1 Å². The van der Waals surface area contributed by atoms with E-state index in [2.05, 4.69) is 10.1 Å². The molecule has 0 aromatic heterocycles. The predicted octanol–water partition coefficient (Wildman–Crippen LogP) is 2.18. The van der Waals surface area contributed by atoms with Gasteiger partial charge in [0.1, 0.15) is 5.75 Å². The molecule has 1 aromatic carbocycles. The van der Waals surface area contributed by atoms with Gasteiger partial charge in [0.2, 0.25) is 0 Å².